The van der Waals surface area contributed by atoms with Gasteiger partial charge in [-0.15, -0.1) is 0 Å². The molecule has 0 saturated heterocycles. The maximum absolute atomic E-state index is 12.0. The second-order valence-electron chi connectivity index (χ2n) is 7.45. The van der Waals surface area contributed by atoms with Crippen LogP contribution in [-0.2, 0) is 21.5 Å². The fourth-order valence-electron chi connectivity index (χ4n) is 3.70. The molecule has 0 aliphatic heterocycles. The highest BCUT2D eigenvalue weighted by atomic mass is 16.5. The number of rotatable bonds is 8. The molecule has 2 amide bonds. The van der Waals surface area contributed by atoms with E-state index in [1.54, 1.807) is 0 Å². The number of nitrogens with zero attached hydrogens (tertiary/aromatic N) is 2. The molecule has 7 heteroatoms. The van der Waals surface area contributed by atoms with Crippen molar-refractivity contribution in [3.63, 3.8) is 0 Å². The predicted molar refractivity (Wildman–Crippen MR) is 98.3 cm³/mol. The minimum Gasteiger partial charge on any atom is -0.354 e. The molecule has 1 aliphatic rings. The lowest BCUT2D eigenvalue weighted by Gasteiger charge is -2.30. The first-order valence-electron chi connectivity index (χ1n) is 9.86. The van der Waals surface area contributed by atoms with Crippen molar-refractivity contribution < 1.29 is 14.1 Å². The van der Waals surface area contributed by atoms with E-state index in [-0.39, 0.29) is 17.9 Å². The summed E-state index contributed by atoms with van der Waals surface area (Å²) < 4.78 is 5.38. The summed E-state index contributed by atoms with van der Waals surface area (Å²) in [4.78, 5) is 28.3. The van der Waals surface area contributed by atoms with Crippen LogP contribution in [0.1, 0.15) is 90.3 Å². The molecule has 1 fully saturated rings. The lowest BCUT2D eigenvalue weighted by molar-refractivity contribution is -0.122. The first-order valence-corrected chi connectivity index (χ1v) is 9.86. The molecule has 146 valence electrons. The summed E-state index contributed by atoms with van der Waals surface area (Å²) >= 11 is 0. The monoisotopic (exact) mass is 364 g/mol. The summed E-state index contributed by atoms with van der Waals surface area (Å²) in [5, 5.41) is 10.2. The van der Waals surface area contributed by atoms with Crippen molar-refractivity contribution in [3.8, 4) is 0 Å². The lowest BCUT2D eigenvalue weighted by atomic mass is 9.89. The maximum atomic E-state index is 12.0. The number of hydrogen-bond acceptors (Lipinski definition) is 5. The molecule has 2 rings (SSSR count). The maximum Gasteiger partial charge on any atom is 0.227 e. The highest BCUT2D eigenvalue weighted by Crippen LogP contribution is 2.34. The largest absolute Gasteiger partial charge is 0.354 e. The number of carbonyl (C=O) groups is 2. The summed E-state index contributed by atoms with van der Waals surface area (Å²) in [5.74, 6) is 0.913. The summed E-state index contributed by atoms with van der Waals surface area (Å²) in [6.07, 6.45) is 8.75. The molecule has 1 heterocycles. The summed E-state index contributed by atoms with van der Waals surface area (Å²) in [6.45, 7) is 5.63. The number of carbonyl (C=O) groups excluding carboxylic acids is 2. The van der Waals surface area contributed by atoms with E-state index in [1.807, 2.05) is 6.92 Å². The Labute approximate surface area is 155 Å². The fraction of sp³-hybridized carbons (Fsp3) is 0.789. The average molecular weight is 364 g/mol. The fourth-order valence-corrected chi connectivity index (χ4v) is 3.70. The van der Waals surface area contributed by atoms with Crippen LogP contribution in [0.5, 0.6) is 0 Å². The SMILES string of the molecule is CCC[C@@H](C)NC(=O)CCc1nc(C2(NC(C)=O)CCCCCC2)no1. The Morgan fingerprint density at radius 2 is 1.92 bits per heavy atom. The van der Waals surface area contributed by atoms with Gasteiger partial charge in [-0.25, -0.2) is 0 Å². The Morgan fingerprint density at radius 1 is 1.23 bits per heavy atom. The summed E-state index contributed by atoms with van der Waals surface area (Å²) in [5.41, 5.74) is -0.540. The van der Waals surface area contributed by atoms with Gasteiger partial charge in [-0.2, -0.15) is 4.98 Å². The molecule has 0 spiro atoms. The lowest BCUT2D eigenvalue weighted by Crippen LogP contribution is -2.45. The molecular formula is C19H32N4O3. The summed E-state index contributed by atoms with van der Waals surface area (Å²) in [7, 11) is 0. The zero-order valence-corrected chi connectivity index (χ0v) is 16.3. The van der Waals surface area contributed by atoms with Crippen molar-refractivity contribution in [3.05, 3.63) is 11.7 Å². The number of nitrogens with one attached hydrogen (secondary N) is 2. The van der Waals surface area contributed by atoms with Gasteiger partial charge >= 0.3 is 0 Å². The van der Waals surface area contributed by atoms with Gasteiger partial charge in [-0.1, -0.05) is 44.2 Å². The number of aryl methyl sites for hydroxylation is 1. The van der Waals surface area contributed by atoms with Gasteiger partial charge < -0.3 is 15.2 Å². The molecular weight excluding hydrogens is 332 g/mol. The van der Waals surface area contributed by atoms with Gasteiger partial charge in [-0.05, 0) is 26.2 Å². The van der Waals surface area contributed by atoms with Crippen LogP contribution in [0.2, 0.25) is 0 Å². The zero-order valence-electron chi connectivity index (χ0n) is 16.3. The van der Waals surface area contributed by atoms with Gasteiger partial charge in [0.15, 0.2) is 5.82 Å². The van der Waals surface area contributed by atoms with Crippen molar-refractivity contribution in [2.24, 2.45) is 0 Å². The van der Waals surface area contributed by atoms with Crippen molar-refractivity contribution in [1.82, 2.24) is 20.8 Å². The van der Waals surface area contributed by atoms with E-state index < -0.39 is 5.54 Å². The van der Waals surface area contributed by atoms with Crippen LogP contribution in [0.3, 0.4) is 0 Å². The average Bonchev–Trinajstić information content (AvgIpc) is 2.93. The second-order valence-corrected chi connectivity index (χ2v) is 7.45. The molecule has 0 bridgehead atoms. The third-order valence-electron chi connectivity index (χ3n) is 4.96. The van der Waals surface area contributed by atoms with Gasteiger partial charge in [0.1, 0.15) is 5.54 Å². The highest BCUT2D eigenvalue weighted by molar-refractivity contribution is 5.76. The second kappa shape index (κ2) is 9.69. The highest BCUT2D eigenvalue weighted by Gasteiger charge is 2.38. The quantitative estimate of drug-likeness (QED) is 0.691. The number of amides is 2. The van der Waals surface area contributed by atoms with Crippen molar-refractivity contribution >= 4 is 11.8 Å². The van der Waals surface area contributed by atoms with E-state index in [1.165, 1.54) is 6.92 Å². The smallest absolute Gasteiger partial charge is 0.227 e. The zero-order chi connectivity index (χ0) is 19.0. The van der Waals surface area contributed by atoms with Crippen LogP contribution in [0.25, 0.3) is 0 Å². The Morgan fingerprint density at radius 3 is 2.54 bits per heavy atom. The Bertz CT molecular complexity index is 591. The van der Waals surface area contributed by atoms with Gasteiger partial charge in [0.05, 0.1) is 0 Å². The molecule has 0 aromatic carbocycles. The Hall–Kier alpha value is -1.92. The predicted octanol–water partition coefficient (Wildman–Crippen LogP) is 2.99. The molecule has 1 atom stereocenters. The van der Waals surface area contributed by atoms with Crippen LogP contribution in [0.15, 0.2) is 4.52 Å². The van der Waals surface area contributed by atoms with Crippen molar-refractivity contribution in [1.29, 1.82) is 0 Å². The van der Waals surface area contributed by atoms with Crippen LogP contribution in [0, 0.1) is 0 Å². The Kier molecular flexibility index (Phi) is 7.60. The molecule has 2 N–H and O–H groups in total. The summed E-state index contributed by atoms with van der Waals surface area (Å²) in [6, 6.07) is 0.180. The van der Waals surface area contributed by atoms with Crippen molar-refractivity contribution in [2.45, 2.75) is 96.6 Å². The molecule has 26 heavy (non-hydrogen) atoms. The molecule has 1 aliphatic carbocycles. The van der Waals surface area contributed by atoms with E-state index >= 15 is 0 Å². The standard InChI is InChI=1S/C19H32N4O3/c1-4-9-14(2)20-16(25)10-11-17-21-18(23-26-17)19(22-15(3)24)12-7-5-6-8-13-19/h14H,4-13H2,1-3H3,(H,20,25)(H,22,24)/t14-/m1/s1. The molecule has 1 aromatic heterocycles. The third kappa shape index (κ3) is 5.81. The molecule has 0 radical (unpaired) electrons. The van der Waals surface area contributed by atoms with Gasteiger partial charge in [0, 0.05) is 25.8 Å². The Balaban J connectivity index is 1.99. The first-order chi connectivity index (χ1) is 12.4. The third-order valence-corrected chi connectivity index (χ3v) is 4.96. The molecule has 1 aromatic rings. The van der Waals surface area contributed by atoms with Crippen molar-refractivity contribution in [2.75, 3.05) is 0 Å². The number of aromatic nitrogens is 2. The van der Waals surface area contributed by atoms with E-state index in [0.29, 0.717) is 24.6 Å². The van der Waals surface area contributed by atoms with E-state index in [4.69, 9.17) is 4.52 Å². The molecule has 7 nitrogen and oxygen atoms in total. The van der Waals surface area contributed by atoms with Crippen LogP contribution < -0.4 is 10.6 Å². The normalized spacial score (nSPS) is 18.0. The van der Waals surface area contributed by atoms with Gasteiger partial charge in [-0.3, -0.25) is 9.59 Å². The van der Waals surface area contributed by atoms with E-state index in [0.717, 1.165) is 51.4 Å². The van der Waals surface area contributed by atoms with Crippen LogP contribution in [0.4, 0.5) is 0 Å². The van der Waals surface area contributed by atoms with Gasteiger partial charge in [0.25, 0.3) is 0 Å². The first kappa shape index (κ1) is 20.4. The number of hydrogen-bond donors (Lipinski definition) is 2. The van der Waals surface area contributed by atoms with Gasteiger partial charge in [0.2, 0.25) is 17.7 Å². The molecule has 1 saturated carbocycles. The molecule has 0 unspecified atom stereocenters. The minimum absolute atomic E-state index is 0.00302. The van der Waals surface area contributed by atoms with E-state index in [2.05, 4.69) is 27.7 Å². The minimum atomic E-state index is -0.540. The van der Waals surface area contributed by atoms with Crippen LogP contribution in [-0.4, -0.2) is 28.0 Å². The van der Waals surface area contributed by atoms with E-state index in [9.17, 15) is 9.59 Å². The van der Waals surface area contributed by atoms with Crippen LogP contribution >= 0.6 is 0 Å². The topological polar surface area (TPSA) is 97.1 Å².